The number of likely N-dealkylation sites (N-methyl/N-ethyl adjacent to an activating group) is 1. The van der Waals surface area contributed by atoms with Gasteiger partial charge in [0.2, 0.25) is 5.91 Å². The Labute approximate surface area is 143 Å². The Bertz CT molecular complexity index is 644. The number of hydrogen-bond donors (Lipinski definition) is 0. The molecule has 0 saturated heterocycles. The van der Waals surface area contributed by atoms with Gasteiger partial charge in [-0.2, -0.15) is 0 Å². The van der Waals surface area contributed by atoms with Gasteiger partial charge in [0.1, 0.15) is 5.69 Å². The van der Waals surface area contributed by atoms with Gasteiger partial charge in [-0.1, -0.05) is 13.8 Å². The van der Waals surface area contributed by atoms with E-state index in [1.807, 2.05) is 13.8 Å². The number of ether oxygens (including phenoxy) is 1. The summed E-state index contributed by atoms with van der Waals surface area (Å²) in [6.07, 6.45) is 0.407. The third-order valence-corrected chi connectivity index (χ3v) is 4.07. The molecule has 1 aromatic rings. The van der Waals surface area contributed by atoms with Crippen molar-refractivity contribution < 1.29 is 19.1 Å². The van der Waals surface area contributed by atoms with Crippen LogP contribution >= 0.6 is 0 Å². The first-order valence-corrected chi connectivity index (χ1v) is 8.21. The molecule has 0 aromatic carbocycles. The van der Waals surface area contributed by atoms with Gasteiger partial charge in [-0.3, -0.25) is 9.59 Å². The summed E-state index contributed by atoms with van der Waals surface area (Å²) in [5.41, 5.74) is 2.17. The highest BCUT2D eigenvalue weighted by Crippen LogP contribution is 2.23. The molecular weight excluding hydrogens is 308 g/mol. The molecule has 6 heteroatoms. The van der Waals surface area contributed by atoms with E-state index >= 15 is 0 Å². The van der Waals surface area contributed by atoms with Crippen molar-refractivity contribution in [2.75, 3.05) is 20.2 Å². The van der Waals surface area contributed by atoms with E-state index in [-0.39, 0.29) is 30.8 Å². The highest BCUT2D eigenvalue weighted by atomic mass is 16.5. The maximum absolute atomic E-state index is 12.7. The highest BCUT2D eigenvalue weighted by molar-refractivity contribution is 6.04. The van der Waals surface area contributed by atoms with Crippen molar-refractivity contribution in [3.8, 4) is 0 Å². The van der Waals surface area contributed by atoms with Crippen LogP contribution in [0.5, 0.6) is 0 Å². The van der Waals surface area contributed by atoms with Crippen LogP contribution in [0.1, 0.15) is 59.3 Å². The zero-order chi connectivity index (χ0) is 18.6. The van der Waals surface area contributed by atoms with Crippen LogP contribution in [-0.4, -0.2) is 47.3 Å². The molecular formula is C18H28N2O4. The van der Waals surface area contributed by atoms with E-state index in [0.717, 1.165) is 0 Å². The molecule has 0 spiro atoms. The van der Waals surface area contributed by atoms with Crippen molar-refractivity contribution in [3.63, 3.8) is 0 Å². The van der Waals surface area contributed by atoms with Crippen LogP contribution in [0.2, 0.25) is 0 Å². The number of carbonyl (C=O) groups is 3. The summed E-state index contributed by atoms with van der Waals surface area (Å²) in [6.45, 7) is 9.47. The standard InChI is InChI=1S/C18H28N2O4/c1-8-24-18(23)17-12(4)16(13(5)20(17)7)14(21)10-19(6)15(22)9-11(2)3/h11H,8-10H2,1-7H3. The molecule has 0 fully saturated rings. The molecule has 0 aliphatic rings. The second-order valence-electron chi connectivity index (χ2n) is 6.48. The molecule has 0 aliphatic carbocycles. The third kappa shape index (κ3) is 4.24. The van der Waals surface area contributed by atoms with Crippen LogP contribution in [0.3, 0.4) is 0 Å². The Balaban J connectivity index is 3.06. The van der Waals surface area contributed by atoms with Gasteiger partial charge in [-0.15, -0.1) is 0 Å². The minimum absolute atomic E-state index is 0.000484. The number of esters is 1. The molecule has 1 amide bonds. The Morgan fingerprint density at radius 1 is 1.21 bits per heavy atom. The minimum Gasteiger partial charge on any atom is -0.461 e. The van der Waals surface area contributed by atoms with Gasteiger partial charge in [0, 0.05) is 31.8 Å². The monoisotopic (exact) mass is 336 g/mol. The molecule has 0 aliphatic heterocycles. The number of aromatic nitrogens is 1. The van der Waals surface area contributed by atoms with Crippen LogP contribution in [-0.2, 0) is 16.6 Å². The van der Waals surface area contributed by atoms with E-state index in [1.54, 1.807) is 39.4 Å². The third-order valence-electron chi connectivity index (χ3n) is 4.07. The van der Waals surface area contributed by atoms with E-state index in [9.17, 15) is 14.4 Å². The molecule has 1 rings (SSSR count). The van der Waals surface area contributed by atoms with Crippen LogP contribution in [0, 0.1) is 19.8 Å². The normalized spacial score (nSPS) is 10.8. The largest absolute Gasteiger partial charge is 0.461 e. The van der Waals surface area contributed by atoms with Gasteiger partial charge < -0.3 is 14.2 Å². The average Bonchev–Trinajstić information content (AvgIpc) is 2.68. The van der Waals surface area contributed by atoms with Crippen molar-refractivity contribution in [1.82, 2.24) is 9.47 Å². The maximum atomic E-state index is 12.7. The lowest BCUT2D eigenvalue weighted by molar-refractivity contribution is -0.130. The summed E-state index contributed by atoms with van der Waals surface area (Å²) < 4.78 is 6.74. The fraction of sp³-hybridized carbons (Fsp3) is 0.611. The first-order valence-electron chi connectivity index (χ1n) is 8.21. The summed E-state index contributed by atoms with van der Waals surface area (Å²) in [5.74, 6) is -0.430. The van der Waals surface area contributed by atoms with Crippen molar-refractivity contribution in [3.05, 3.63) is 22.5 Å². The number of carbonyl (C=O) groups excluding carboxylic acids is 3. The van der Waals surface area contributed by atoms with Gasteiger partial charge in [0.05, 0.1) is 13.2 Å². The fourth-order valence-corrected chi connectivity index (χ4v) is 2.76. The van der Waals surface area contributed by atoms with Gasteiger partial charge >= 0.3 is 5.97 Å². The SMILES string of the molecule is CCOC(=O)c1c(C)c(C(=O)CN(C)C(=O)CC(C)C)c(C)n1C. The van der Waals surface area contributed by atoms with Crippen LogP contribution in [0.25, 0.3) is 0 Å². The molecule has 0 saturated carbocycles. The zero-order valence-electron chi connectivity index (χ0n) is 15.7. The summed E-state index contributed by atoms with van der Waals surface area (Å²) in [5, 5.41) is 0. The van der Waals surface area contributed by atoms with Crippen LogP contribution in [0.4, 0.5) is 0 Å². The van der Waals surface area contributed by atoms with Gasteiger partial charge in [0.25, 0.3) is 0 Å². The van der Waals surface area contributed by atoms with E-state index in [0.29, 0.717) is 28.9 Å². The van der Waals surface area contributed by atoms with Crippen LogP contribution in [0.15, 0.2) is 0 Å². The second-order valence-corrected chi connectivity index (χ2v) is 6.48. The quantitative estimate of drug-likeness (QED) is 0.567. The lowest BCUT2D eigenvalue weighted by atomic mass is 10.0. The number of nitrogens with zero attached hydrogens (tertiary/aromatic N) is 2. The number of amides is 1. The van der Waals surface area contributed by atoms with E-state index in [2.05, 4.69) is 0 Å². The Kier molecular flexibility index (Phi) is 6.75. The van der Waals surface area contributed by atoms with E-state index < -0.39 is 5.97 Å². The highest BCUT2D eigenvalue weighted by Gasteiger charge is 2.26. The molecule has 0 radical (unpaired) electrons. The van der Waals surface area contributed by atoms with Crippen molar-refractivity contribution in [2.24, 2.45) is 13.0 Å². The minimum atomic E-state index is -0.441. The summed E-state index contributed by atoms with van der Waals surface area (Å²) in [7, 11) is 3.36. The summed E-state index contributed by atoms with van der Waals surface area (Å²) in [6, 6.07) is 0. The number of rotatable bonds is 7. The second kappa shape index (κ2) is 8.13. The average molecular weight is 336 g/mol. The molecule has 134 valence electrons. The molecule has 0 N–H and O–H groups in total. The van der Waals surface area contributed by atoms with Crippen LogP contribution < -0.4 is 0 Å². The lowest BCUT2D eigenvalue weighted by Crippen LogP contribution is -2.33. The zero-order valence-corrected chi connectivity index (χ0v) is 15.7. The van der Waals surface area contributed by atoms with Gasteiger partial charge in [0.15, 0.2) is 5.78 Å². The topological polar surface area (TPSA) is 68.6 Å². The van der Waals surface area contributed by atoms with Crippen molar-refractivity contribution in [1.29, 1.82) is 0 Å². The van der Waals surface area contributed by atoms with Crippen molar-refractivity contribution in [2.45, 2.75) is 41.0 Å². The first kappa shape index (κ1) is 19.9. The molecule has 1 heterocycles. The molecule has 24 heavy (non-hydrogen) atoms. The van der Waals surface area contributed by atoms with E-state index in [1.165, 1.54) is 4.90 Å². The van der Waals surface area contributed by atoms with E-state index in [4.69, 9.17) is 4.74 Å². The molecule has 0 bridgehead atoms. The maximum Gasteiger partial charge on any atom is 0.355 e. The van der Waals surface area contributed by atoms with Gasteiger partial charge in [-0.05, 0) is 32.3 Å². The molecule has 6 nitrogen and oxygen atoms in total. The van der Waals surface area contributed by atoms with Gasteiger partial charge in [-0.25, -0.2) is 4.79 Å². The first-order chi connectivity index (χ1) is 11.1. The Morgan fingerprint density at radius 2 is 1.79 bits per heavy atom. The number of Topliss-reactive ketones (excluding diaryl/α,β-unsaturated/α-hetero) is 1. The molecule has 1 aromatic heterocycles. The Morgan fingerprint density at radius 3 is 2.29 bits per heavy atom. The summed E-state index contributed by atoms with van der Waals surface area (Å²) >= 11 is 0. The molecule has 0 atom stereocenters. The predicted octanol–water partition coefficient (Wildman–Crippen LogP) is 2.51. The molecule has 0 unspecified atom stereocenters. The number of ketones is 1. The number of hydrogen-bond acceptors (Lipinski definition) is 4. The van der Waals surface area contributed by atoms with Crippen molar-refractivity contribution >= 4 is 17.7 Å². The summed E-state index contributed by atoms with van der Waals surface area (Å²) in [4.78, 5) is 38.3. The Hall–Kier alpha value is -2.11. The smallest absolute Gasteiger partial charge is 0.355 e. The predicted molar refractivity (Wildman–Crippen MR) is 92.3 cm³/mol. The lowest BCUT2D eigenvalue weighted by Gasteiger charge is -2.17. The fourth-order valence-electron chi connectivity index (χ4n) is 2.76.